The molecule has 1 rings (SSSR count). The van der Waals surface area contributed by atoms with Gasteiger partial charge in [-0.05, 0) is 38.8 Å². The highest BCUT2D eigenvalue weighted by atomic mass is 16.4. The van der Waals surface area contributed by atoms with Crippen molar-refractivity contribution in [2.75, 3.05) is 11.4 Å². The molecule has 0 atom stereocenters. The number of rotatable bonds is 5. The van der Waals surface area contributed by atoms with Crippen LogP contribution in [0.15, 0.2) is 17.4 Å². The van der Waals surface area contributed by atoms with Crippen LogP contribution in [0, 0.1) is 6.92 Å². The Balaban J connectivity index is 3.34. The van der Waals surface area contributed by atoms with Gasteiger partial charge in [-0.15, -0.1) is 0 Å². The van der Waals surface area contributed by atoms with Crippen molar-refractivity contribution in [3.8, 4) is 0 Å². The van der Waals surface area contributed by atoms with Crippen LogP contribution in [0.25, 0.3) is 0 Å². The summed E-state index contributed by atoms with van der Waals surface area (Å²) in [4.78, 5) is 6.57. The van der Waals surface area contributed by atoms with E-state index in [9.17, 15) is 0 Å². The van der Waals surface area contributed by atoms with Crippen molar-refractivity contribution >= 4 is 11.7 Å². The van der Waals surface area contributed by atoms with Gasteiger partial charge in [0.1, 0.15) is 5.82 Å². The summed E-state index contributed by atoms with van der Waals surface area (Å²) >= 11 is 0. The summed E-state index contributed by atoms with van der Waals surface area (Å²) < 4.78 is 0. The lowest BCUT2D eigenvalue weighted by Gasteiger charge is -2.29. The lowest BCUT2D eigenvalue weighted by atomic mass is 10.1. The van der Waals surface area contributed by atoms with E-state index < -0.39 is 0 Å². The molecule has 5 nitrogen and oxygen atoms in total. The largest absolute Gasteiger partial charge is 0.409 e. The van der Waals surface area contributed by atoms with Gasteiger partial charge in [0.15, 0.2) is 5.84 Å². The molecule has 0 aliphatic heterocycles. The number of nitrogens with zero attached hydrogens (tertiary/aromatic N) is 3. The normalized spacial score (nSPS) is 11.9. The second-order valence-corrected chi connectivity index (χ2v) is 4.60. The number of hydrogen-bond donors (Lipinski definition) is 2. The average molecular weight is 250 g/mol. The third-order valence-electron chi connectivity index (χ3n) is 2.86. The Labute approximate surface area is 108 Å². The highest BCUT2D eigenvalue weighted by Crippen LogP contribution is 2.22. The van der Waals surface area contributed by atoms with Crippen molar-refractivity contribution in [1.82, 2.24) is 4.98 Å². The predicted octanol–water partition coefficient (Wildman–Crippen LogP) is 2.11. The molecule has 0 bridgehead atoms. The molecule has 1 aromatic rings. The SMILES string of the molecule is CCCN(c1nccc(C)c1/C(N)=N/O)C(C)C. The van der Waals surface area contributed by atoms with Crippen LogP contribution in [-0.2, 0) is 0 Å². The minimum absolute atomic E-state index is 0.109. The third kappa shape index (κ3) is 2.91. The minimum atomic E-state index is 0.109. The molecule has 0 spiro atoms. The van der Waals surface area contributed by atoms with E-state index in [2.05, 4.69) is 35.8 Å². The van der Waals surface area contributed by atoms with Crippen LogP contribution in [0.3, 0.4) is 0 Å². The molecule has 0 unspecified atom stereocenters. The molecule has 0 saturated heterocycles. The van der Waals surface area contributed by atoms with Crippen LogP contribution in [0.2, 0.25) is 0 Å². The van der Waals surface area contributed by atoms with Crippen molar-refractivity contribution < 1.29 is 5.21 Å². The maximum atomic E-state index is 8.90. The Kier molecular flexibility index (Phi) is 4.95. The zero-order chi connectivity index (χ0) is 13.7. The van der Waals surface area contributed by atoms with Crippen molar-refractivity contribution in [2.45, 2.75) is 40.2 Å². The Bertz CT molecular complexity index is 429. The van der Waals surface area contributed by atoms with Gasteiger partial charge in [0.25, 0.3) is 0 Å². The maximum absolute atomic E-state index is 8.90. The van der Waals surface area contributed by atoms with E-state index in [1.807, 2.05) is 13.0 Å². The van der Waals surface area contributed by atoms with E-state index in [-0.39, 0.29) is 5.84 Å². The van der Waals surface area contributed by atoms with E-state index >= 15 is 0 Å². The highest BCUT2D eigenvalue weighted by Gasteiger charge is 2.19. The summed E-state index contributed by atoms with van der Waals surface area (Å²) in [7, 11) is 0. The number of pyridine rings is 1. The van der Waals surface area contributed by atoms with Gasteiger partial charge in [-0.25, -0.2) is 4.98 Å². The second-order valence-electron chi connectivity index (χ2n) is 4.60. The first-order chi connectivity index (χ1) is 8.52. The zero-order valence-corrected chi connectivity index (χ0v) is 11.5. The monoisotopic (exact) mass is 250 g/mol. The molecule has 0 radical (unpaired) electrons. The van der Waals surface area contributed by atoms with Crippen molar-refractivity contribution in [3.63, 3.8) is 0 Å². The van der Waals surface area contributed by atoms with Crippen LogP contribution in [0.5, 0.6) is 0 Å². The Morgan fingerprint density at radius 3 is 2.72 bits per heavy atom. The fourth-order valence-corrected chi connectivity index (χ4v) is 1.98. The van der Waals surface area contributed by atoms with Crippen LogP contribution >= 0.6 is 0 Å². The van der Waals surface area contributed by atoms with E-state index in [0.717, 1.165) is 24.3 Å². The Morgan fingerprint density at radius 1 is 1.56 bits per heavy atom. The molecular weight excluding hydrogens is 228 g/mol. The summed E-state index contributed by atoms with van der Waals surface area (Å²) in [5.41, 5.74) is 7.43. The number of nitrogens with two attached hydrogens (primary N) is 1. The lowest BCUT2D eigenvalue weighted by Crippen LogP contribution is -2.34. The van der Waals surface area contributed by atoms with E-state index in [1.54, 1.807) is 6.20 Å². The first kappa shape index (κ1) is 14.3. The van der Waals surface area contributed by atoms with Crippen LogP contribution in [0.4, 0.5) is 5.82 Å². The average Bonchev–Trinajstić information content (AvgIpc) is 2.34. The molecule has 0 aliphatic carbocycles. The number of anilines is 1. The molecular formula is C13H22N4O. The molecule has 1 aromatic heterocycles. The van der Waals surface area contributed by atoms with E-state index in [0.29, 0.717) is 11.6 Å². The standard InChI is InChI=1S/C13H22N4O/c1-5-8-17(9(2)3)13-11(12(14)16-18)10(4)6-7-15-13/h6-7,9,18H,5,8H2,1-4H3,(H2,14,16). The minimum Gasteiger partial charge on any atom is -0.409 e. The first-order valence-electron chi connectivity index (χ1n) is 6.23. The molecule has 18 heavy (non-hydrogen) atoms. The molecule has 100 valence electrons. The van der Waals surface area contributed by atoms with Crippen molar-refractivity contribution in [3.05, 3.63) is 23.4 Å². The van der Waals surface area contributed by atoms with Gasteiger partial charge in [-0.2, -0.15) is 0 Å². The van der Waals surface area contributed by atoms with Crippen LogP contribution < -0.4 is 10.6 Å². The maximum Gasteiger partial charge on any atom is 0.174 e. The van der Waals surface area contributed by atoms with Crippen molar-refractivity contribution in [2.24, 2.45) is 10.9 Å². The molecule has 0 fully saturated rings. The summed E-state index contributed by atoms with van der Waals surface area (Å²) in [6.07, 6.45) is 2.77. The quantitative estimate of drug-likeness (QED) is 0.363. The molecule has 5 heteroatoms. The van der Waals surface area contributed by atoms with Gasteiger partial charge < -0.3 is 15.8 Å². The number of hydrogen-bond acceptors (Lipinski definition) is 4. The Morgan fingerprint density at radius 2 is 2.22 bits per heavy atom. The van der Waals surface area contributed by atoms with Crippen LogP contribution in [0.1, 0.15) is 38.3 Å². The number of aromatic nitrogens is 1. The fraction of sp³-hybridized carbons (Fsp3) is 0.538. The van der Waals surface area contributed by atoms with Gasteiger partial charge in [0.05, 0.1) is 5.56 Å². The summed E-state index contributed by atoms with van der Waals surface area (Å²) in [5, 5.41) is 12.0. The van der Waals surface area contributed by atoms with Crippen LogP contribution in [-0.4, -0.2) is 28.6 Å². The van der Waals surface area contributed by atoms with Gasteiger partial charge in [0, 0.05) is 18.8 Å². The van der Waals surface area contributed by atoms with E-state index in [1.165, 1.54) is 0 Å². The fourth-order valence-electron chi connectivity index (χ4n) is 1.98. The smallest absolute Gasteiger partial charge is 0.174 e. The molecule has 0 aliphatic rings. The number of oxime groups is 1. The number of aryl methyl sites for hydroxylation is 1. The second kappa shape index (κ2) is 6.23. The molecule has 3 N–H and O–H groups in total. The Hall–Kier alpha value is -1.78. The topological polar surface area (TPSA) is 74.7 Å². The molecule has 0 aromatic carbocycles. The summed E-state index contributed by atoms with van der Waals surface area (Å²) in [6.45, 7) is 9.16. The van der Waals surface area contributed by atoms with Gasteiger partial charge >= 0.3 is 0 Å². The molecule has 0 saturated carbocycles. The number of amidine groups is 1. The lowest BCUT2D eigenvalue weighted by molar-refractivity contribution is 0.318. The third-order valence-corrected chi connectivity index (χ3v) is 2.86. The molecule has 1 heterocycles. The highest BCUT2D eigenvalue weighted by molar-refractivity contribution is 6.02. The molecule has 0 amide bonds. The predicted molar refractivity (Wildman–Crippen MR) is 74.3 cm³/mol. The van der Waals surface area contributed by atoms with Crippen molar-refractivity contribution in [1.29, 1.82) is 0 Å². The summed E-state index contributed by atoms with van der Waals surface area (Å²) in [6, 6.07) is 2.17. The van der Waals surface area contributed by atoms with Gasteiger partial charge in [-0.1, -0.05) is 12.1 Å². The van der Waals surface area contributed by atoms with Gasteiger partial charge in [-0.3, -0.25) is 0 Å². The van der Waals surface area contributed by atoms with E-state index in [4.69, 9.17) is 10.9 Å². The zero-order valence-electron chi connectivity index (χ0n) is 11.5. The van der Waals surface area contributed by atoms with Gasteiger partial charge in [0.2, 0.25) is 0 Å². The first-order valence-corrected chi connectivity index (χ1v) is 6.23. The summed E-state index contributed by atoms with van der Waals surface area (Å²) in [5.74, 6) is 0.888.